The summed E-state index contributed by atoms with van der Waals surface area (Å²) in [6, 6.07) is 1.03. The van der Waals surface area contributed by atoms with E-state index in [9.17, 15) is 18.4 Å². The van der Waals surface area contributed by atoms with E-state index in [0.29, 0.717) is 11.6 Å². The van der Waals surface area contributed by atoms with Crippen LogP contribution in [0.3, 0.4) is 0 Å². The molecule has 0 bridgehead atoms. The van der Waals surface area contributed by atoms with Crippen LogP contribution in [0.4, 0.5) is 30.9 Å². The molecule has 2 aromatic rings. The highest BCUT2D eigenvalue weighted by molar-refractivity contribution is 5.98. The number of carbonyl (C=O) groups excluding carboxylic acids is 1. The van der Waals surface area contributed by atoms with E-state index in [-0.39, 0.29) is 22.8 Å². The number of urea groups is 1. The van der Waals surface area contributed by atoms with Crippen molar-refractivity contribution in [3.05, 3.63) is 45.9 Å². The van der Waals surface area contributed by atoms with Crippen LogP contribution < -0.4 is 26.8 Å². The third kappa shape index (κ3) is 6.25. The molecule has 0 radical (unpaired) electrons. The number of benzene rings is 1. The molecule has 0 aliphatic carbocycles. The van der Waals surface area contributed by atoms with Gasteiger partial charge < -0.3 is 16.0 Å². The van der Waals surface area contributed by atoms with Crippen LogP contribution in [-0.2, 0) is 0 Å². The molecular weight excluding hydrogens is 418 g/mol. The number of aromatic amines is 1. The molecule has 2 amide bonds. The number of nitrogens with one attached hydrogen (secondary N) is 3. The summed E-state index contributed by atoms with van der Waals surface area (Å²) in [5, 5.41) is 4.54. The van der Waals surface area contributed by atoms with Crippen LogP contribution in [0.25, 0.3) is 0 Å². The normalized spacial score (nSPS) is 14.4. The molecule has 1 aliphatic heterocycles. The van der Waals surface area contributed by atoms with Crippen LogP contribution in [0, 0.1) is 24.5 Å². The van der Waals surface area contributed by atoms with Crippen molar-refractivity contribution in [2.45, 2.75) is 45.4 Å². The van der Waals surface area contributed by atoms with Crippen molar-refractivity contribution in [1.82, 2.24) is 9.97 Å². The molecule has 0 unspecified atom stereocenters. The zero-order valence-electron chi connectivity index (χ0n) is 18.2. The van der Waals surface area contributed by atoms with E-state index in [1.165, 1.54) is 26.0 Å². The molecule has 0 saturated carbocycles. The van der Waals surface area contributed by atoms with Gasteiger partial charge in [-0.25, -0.2) is 18.6 Å². The second kappa shape index (κ2) is 11.0. The Balaban J connectivity index is 1.54. The number of H-pyrrole nitrogens is 1. The lowest BCUT2D eigenvalue weighted by Gasteiger charge is -2.32. The van der Waals surface area contributed by atoms with Crippen LogP contribution in [-0.4, -0.2) is 35.6 Å². The van der Waals surface area contributed by atoms with Gasteiger partial charge in [0.25, 0.3) is 5.56 Å². The van der Waals surface area contributed by atoms with Crippen LogP contribution >= 0.6 is 0 Å². The third-order valence-corrected chi connectivity index (χ3v) is 5.78. The molecule has 0 atom stereocenters. The quantitative estimate of drug-likeness (QED) is 0.459. The van der Waals surface area contributed by atoms with Gasteiger partial charge >= 0.3 is 6.03 Å². The summed E-state index contributed by atoms with van der Waals surface area (Å²) in [7, 11) is 0. The molecular formula is C22H30F2N6O2. The van der Waals surface area contributed by atoms with Crippen molar-refractivity contribution in [3.63, 3.8) is 0 Å². The number of rotatable bonds is 8. The van der Waals surface area contributed by atoms with E-state index in [4.69, 9.17) is 5.73 Å². The summed E-state index contributed by atoms with van der Waals surface area (Å²) in [5.41, 5.74) is 5.43. The minimum Gasteiger partial charge on any atom is -0.366 e. The van der Waals surface area contributed by atoms with Crippen LogP contribution in [0.5, 0.6) is 0 Å². The van der Waals surface area contributed by atoms with Crippen molar-refractivity contribution < 1.29 is 13.6 Å². The van der Waals surface area contributed by atoms with Crippen LogP contribution in [0.1, 0.15) is 44.1 Å². The molecule has 1 fully saturated rings. The molecule has 1 aliphatic rings. The second-order valence-electron chi connectivity index (χ2n) is 8.17. The molecule has 8 nitrogen and oxygen atoms in total. The van der Waals surface area contributed by atoms with E-state index < -0.39 is 17.7 Å². The number of aryl methyl sites for hydroxylation is 1. The molecule has 32 heavy (non-hydrogen) atoms. The zero-order chi connectivity index (χ0) is 23.1. The van der Waals surface area contributed by atoms with Gasteiger partial charge in [0.2, 0.25) is 5.95 Å². The first kappa shape index (κ1) is 23.6. The molecule has 10 heteroatoms. The fourth-order valence-corrected chi connectivity index (χ4v) is 3.90. The summed E-state index contributed by atoms with van der Waals surface area (Å²) in [6.07, 6.45) is 8.05. The molecule has 1 aromatic carbocycles. The van der Waals surface area contributed by atoms with E-state index in [1.807, 2.05) is 4.90 Å². The Labute approximate surface area is 185 Å². The highest BCUT2D eigenvalue weighted by atomic mass is 19.1. The maximum atomic E-state index is 13.9. The minimum atomic E-state index is -0.849. The fraction of sp³-hybridized carbons (Fsp3) is 0.500. The van der Waals surface area contributed by atoms with E-state index >= 15 is 0 Å². The lowest BCUT2D eigenvalue weighted by molar-refractivity contribution is 0.262. The van der Waals surface area contributed by atoms with Crippen LogP contribution in [0.15, 0.2) is 23.1 Å². The average molecular weight is 449 g/mol. The van der Waals surface area contributed by atoms with Gasteiger partial charge in [-0.15, -0.1) is 0 Å². The number of hydrogen-bond donors (Lipinski definition) is 4. The van der Waals surface area contributed by atoms with Crippen molar-refractivity contribution in [2.24, 2.45) is 11.7 Å². The molecule has 5 N–H and O–H groups in total. The summed E-state index contributed by atoms with van der Waals surface area (Å²) in [5.74, 6) is -0.831. The van der Waals surface area contributed by atoms with Gasteiger partial charge in [0.05, 0.1) is 11.9 Å². The molecule has 0 spiro atoms. The highest BCUT2D eigenvalue weighted by Gasteiger charge is 2.21. The van der Waals surface area contributed by atoms with Gasteiger partial charge in [-0.3, -0.25) is 15.1 Å². The first-order valence-corrected chi connectivity index (χ1v) is 11.0. The number of aromatic nitrogens is 2. The second-order valence-corrected chi connectivity index (χ2v) is 8.17. The molecule has 1 saturated heterocycles. The highest BCUT2D eigenvalue weighted by Crippen LogP contribution is 2.25. The predicted molar refractivity (Wildman–Crippen MR) is 121 cm³/mol. The first-order chi connectivity index (χ1) is 15.4. The standard InChI is InChI=1S/C22H30F2N6O2/c1-14-11-17(24)18(12-16(14)23)27-22(32)29-21-26-13-19(20(31)28-21)30-9-6-15(7-10-30)5-3-2-4-8-25/h11-13,15H,2-10,25H2,1H3,(H3,26,27,28,29,31,32). The number of hydrogen-bond acceptors (Lipinski definition) is 5. The Bertz CT molecular complexity index is 989. The predicted octanol–water partition coefficient (Wildman–Crippen LogP) is 3.74. The Morgan fingerprint density at radius 2 is 1.94 bits per heavy atom. The maximum absolute atomic E-state index is 13.9. The van der Waals surface area contributed by atoms with Crippen LogP contribution in [0.2, 0.25) is 0 Å². The van der Waals surface area contributed by atoms with E-state index in [0.717, 1.165) is 57.5 Å². The van der Waals surface area contributed by atoms with Gasteiger partial charge in [-0.05, 0) is 50.3 Å². The number of unbranched alkanes of at least 4 members (excludes halogenated alkanes) is 2. The Hall–Kier alpha value is -3.01. The van der Waals surface area contributed by atoms with E-state index in [1.54, 1.807) is 0 Å². The molecule has 1 aromatic heterocycles. The number of halogens is 2. The van der Waals surface area contributed by atoms with E-state index in [2.05, 4.69) is 20.6 Å². The Morgan fingerprint density at radius 1 is 1.19 bits per heavy atom. The largest absolute Gasteiger partial charge is 0.366 e. The van der Waals surface area contributed by atoms with Gasteiger partial charge in [0, 0.05) is 19.2 Å². The Kier molecular flexibility index (Phi) is 8.15. The summed E-state index contributed by atoms with van der Waals surface area (Å²) in [4.78, 5) is 33.2. The lowest BCUT2D eigenvalue weighted by atomic mass is 9.91. The summed E-state index contributed by atoms with van der Waals surface area (Å²) in [6.45, 7) is 3.71. The number of piperidine rings is 1. The van der Waals surface area contributed by atoms with Gasteiger partial charge in [-0.2, -0.15) is 0 Å². The zero-order valence-corrected chi connectivity index (χ0v) is 18.2. The van der Waals surface area contributed by atoms with Crippen molar-refractivity contribution >= 4 is 23.4 Å². The van der Waals surface area contributed by atoms with Crippen molar-refractivity contribution in [1.29, 1.82) is 0 Å². The lowest BCUT2D eigenvalue weighted by Crippen LogP contribution is -2.37. The minimum absolute atomic E-state index is 0.0842. The van der Waals surface area contributed by atoms with Gasteiger partial charge in [-0.1, -0.05) is 19.3 Å². The summed E-state index contributed by atoms with van der Waals surface area (Å²) < 4.78 is 27.5. The maximum Gasteiger partial charge on any atom is 0.326 e. The number of amides is 2. The molecule has 2 heterocycles. The molecule has 3 rings (SSSR count). The SMILES string of the molecule is Cc1cc(F)c(NC(=O)Nc2ncc(N3CCC(CCCCCN)CC3)c(=O)[nH]2)cc1F. The van der Waals surface area contributed by atoms with Gasteiger partial charge in [0.1, 0.15) is 17.3 Å². The smallest absolute Gasteiger partial charge is 0.326 e. The Morgan fingerprint density at radius 3 is 2.62 bits per heavy atom. The van der Waals surface area contributed by atoms with Crippen molar-refractivity contribution in [2.75, 3.05) is 35.2 Å². The van der Waals surface area contributed by atoms with Gasteiger partial charge in [0.15, 0.2) is 0 Å². The number of carbonyl (C=O) groups is 1. The number of nitrogens with zero attached hydrogens (tertiary/aromatic N) is 2. The third-order valence-electron chi connectivity index (χ3n) is 5.78. The first-order valence-electron chi connectivity index (χ1n) is 11.0. The topological polar surface area (TPSA) is 116 Å². The fourth-order valence-electron chi connectivity index (χ4n) is 3.90. The number of nitrogens with two attached hydrogens (primary N) is 1. The van der Waals surface area contributed by atoms with Crippen molar-refractivity contribution in [3.8, 4) is 0 Å². The number of anilines is 3. The average Bonchev–Trinajstić information content (AvgIpc) is 2.76. The summed E-state index contributed by atoms with van der Waals surface area (Å²) >= 11 is 0. The monoisotopic (exact) mass is 448 g/mol. The molecule has 174 valence electrons.